The van der Waals surface area contributed by atoms with Crippen LogP contribution >= 0.6 is 27.9 Å². The zero-order valence-corrected chi connectivity index (χ0v) is 11.5. The molecule has 0 radical (unpaired) electrons. The van der Waals surface area contributed by atoms with Crippen LogP contribution in [0.1, 0.15) is 0 Å². The maximum atomic E-state index is 4.97. The molecule has 77 valence electrons. The van der Waals surface area contributed by atoms with E-state index in [1.165, 1.54) is 10.8 Å². The molecule has 4 heteroatoms. The third-order valence-electron chi connectivity index (χ3n) is 1.55. The molecule has 0 heterocycles. The second-order valence-electron chi connectivity index (χ2n) is 2.37. The first-order valence-corrected chi connectivity index (χ1v) is 10.1. The van der Waals surface area contributed by atoms with Crippen LogP contribution in [0.25, 0.3) is 10.8 Å². The first kappa shape index (κ1) is 14.4. The van der Waals surface area contributed by atoms with Gasteiger partial charge in [-0.1, -0.05) is 6.07 Å². The molecule has 0 saturated carbocycles. The van der Waals surface area contributed by atoms with Crippen LogP contribution < -0.4 is 0 Å². The minimum Gasteiger partial charge on any atom is -0.168 e. The Balaban J connectivity index is 0.000000299. The molecule has 0 spiro atoms. The average Bonchev–Trinajstić information content (AvgIpc) is 2.49. The molecule has 0 saturated heterocycles. The molecular weight excluding hydrogens is 274 g/mol. The van der Waals surface area contributed by atoms with Gasteiger partial charge in [0, 0.05) is 0 Å². The summed E-state index contributed by atoms with van der Waals surface area (Å²) in [5, 5.41) is 2.66. The zero-order valence-electron chi connectivity index (χ0n) is 7.68. The van der Waals surface area contributed by atoms with E-state index < -0.39 is 14.7 Å². The number of fused-ring (bicyclic) bond motifs is 1. The maximum absolute atomic E-state index is 4.97. The summed E-state index contributed by atoms with van der Waals surface area (Å²) in [7, 11) is 14.9. The molecule has 0 fully saturated rings. The SMILES string of the molecule is [CH3-].[Cl][Ti]([Cl])[Cl].c1ccc2[cH-]ccc2c1. The van der Waals surface area contributed by atoms with E-state index in [-0.39, 0.29) is 7.43 Å². The van der Waals surface area contributed by atoms with Crippen molar-refractivity contribution in [2.75, 3.05) is 0 Å². The number of benzene rings is 1. The van der Waals surface area contributed by atoms with E-state index in [0.717, 1.165) is 0 Å². The minimum atomic E-state index is -1.92. The van der Waals surface area contributed by atoms with Gasteiger partial charge in [0.05, 0.1) is 0 Å². The number of hydrogen-bond acceptors (Lipinski definition) is 0. The standard InChI is InChI=1S/C9H7.CH3.3ClH.Ti/c1-2-5-9-7-3-6-8(9)4-1;;;;;/h1-7H;1H3;3*1H;/q2*-1;;;;+3/p-3. The zero-order chi connectivity index (χ0) is 9.68. The van der Waals surface area contributed by atoms with Crippen LogP contribution in [-0.2, 0) is 14.7 Å². The molecule has 0 nitrogen and oxygen atoms in total. The third kappa shape index (κ3) is 5.33. The van der Waals surface area contributed by atoms with Crippen LogP contribution in [0, 0.1) is 7.43 Å². The summed E-state index contributed by atoms with van der Waals surface area (Å²) < 4.78 is 0. The van der Waals surface area contributed by atoms with Crippen LogP contribution in [0.15, 0.2) is 42.5 Å². The van der Waals surface area contributed by atoms with E-state index in [0.29, 0.717) is 0 Å². The first-order valence-electron chi connectivity index (χ1n) is 3.64. The molecule has 0 aliphatic carbocycles. The molecule has 2 rings (SSSR count). The van der Waals surface area contributed by atoms with Gasteiger partial charge in [-0.25, -0.2) is 0 Å². The van der Waals surface area contributed by atoms with Crippen molar-refractivity contribution in [3.63, 3.8) is 0 Å². The smallest absolute Gasteiger partial charge is 0.0809 e. The molecule has 0 unspecified atom stereocenters. The summed E-state index contributed by atoms with van der Waals surface area (Å²) in [5.41, 5.74) is 0. The van der Waals surface area contributed by atoms with E-state index in [9.17, 15) is 0 Å². The van der Waals surface area contributed by atoms with Gasteiger partial charge >= 0.3 is 42.6 Å². The molecule has 0 aliphatic rings. The second-order valence-corrected chi connectivity index (χ2v) is 10.1. The summed E-state index contributed by atoms with van der Waals surface area (Å²) in [6.07, 6.45) is 0. The van der Waals surface area contributed by atoms with Gasteiger partial charge < -0.3 is 7.43 Å². The predicted octanol–water partition coefficient (Wildman–Crippen LogP) is 5.07. The monoisotopic (exact) mass is 283 g/mol. The summed E-state index contributed by atoms with van der Waals surface area (Å²) in [6.45, 7) is 0. The number of rotatable bonds is 0. The molecule has 0 aliphatic heterocycles. The van der Waals surface area contributed by atoms with Crippen LogP contribution in [0.2, 0.25) is 0 Å². The fourth-order valence-corrected chi connectivity index (χ4v) is 1.07. The maximum Gasteiger partial charge on any atom is -0.0809 e. The minimum absolute atomic E-state index is 0. The van der Waals surface area contributed by atoms with Crippen molar-refractivity contribution in [2.45, 2.75) is 0 Å². The summed E-state index contributed by atoms with van der Waals surface area (Å²) in [4.78, 5) is 0. The van der Waals surface area contributed by atoms with Gasteiger partial charge in [0.15, 0.2) is 0 Å². The van der Waals surface area contributed by atoms with E-state index >= 15 is 0 Å². The Kier molecular flexibility index (Phi) is 7.90. The van der Waals surface area contributed by atoms with Crippen LogP contribution in [0.4, 0.5) is 0 Å². The normalized spacial score (nSPS) is 8.50. The van der Waals surface area contributed by atoms with E-state index in [1.54, 1.807) is 0 Å². The average molecular weight is 284 g/mol. The van der Waals surface area contributed by atoms with Gasteiger partial charge in [0.1, 0.15) is 0 Å². The number of halogens is 3. The Bertz CT molecular complexity index is 324. The Morgan fingerprint density at radius 2 is 1.57 bits per heavy atom. The molecular formula is C10H10Cl3Ti-2. The predicted molar refractivity (Wildman–Crippen MR) is 63.5 cm³/mol. The van der Waals surface area contributed by atoms with Crippen molar-refractivity contribution in [1.82, 2.24) is 0 Å². The van der Waals surface area contributed by atoms with Crippen molar-refractivity contribution >= 4 is 38.7 Å². The summed E-state index contributed by atoms with van der Waals surface area (Å²) in [6, 6.07) is 14.7. The van der Waals surface area contributed by atoms with Crippen molar-refractivity contribution in [3.8, 4) is 0 Å². The van der Waals surface area contributed by atoms with Gasteiger partial charge in [-0.2, -0.15) is 17.5 Å². The van der Waals surface area contributed by atoms with Crippen molar-refractivity contribution in [3.05, 3.63) is 49.9 Å². The molecule has 14 heavy (non-hydrogen) atoms. The first-order chi connectivity index (χ1) is 6.20. The molecule has 0 aromatic heterocycles. The molecule has 0 bridgehead atoms. The van der Waals surface area contributed by atoms with Gasteiger partial charge in [-0.05, 0) is 0 Å². The summed E-state index contributed by atoms with van der Waals surface area (Å²) >= 11 is -1.92. The van der Waals surface area contributed by atoms with Gasteiger partial charge in [0.2, 0.25) is 0 Å². The van der Waals surface area contributed by atoms with Gasteiger partial charge in [-0.3, -0.25) is 0 Å². The third-order valence-corrected chi connectivity index (χ3v) is 1.55. The van der Waals surface area contributed by atoms with Crippen molar-refractivity contribution < 1.29 is 14.7 Å². The fraction of sp³-hybridized carbons (Fsp3) is 0. The van der Waals surface area contributed by atoms with Crippen LogP contribution in [0.3, 0.4) is 0 Å². The van der Waals surface area contributed by atoms with Crippen molar-refractivity contribution in [2.24, 2.45) is 0 Å². The van der Waals surface area contributed by atoms with E-state index in [4.69, 9.17) is 27.9 Å². The Morgan fingerprint density at radius 1 is 1.00 bits per heavy atom. The molecule has 0 amide bonds. The molecule has 2 aromatic rings. The van der Waals surface area contributed by atoms with Crippen molar-refractivity contribution in [1.29, 1.82) is 0 Å². The second kappa shape index (κ2) is 7.67. The topological polar surface area (TPSA) is 0 Å². The quantitative estimate of drug-likeness (QED) is 0.468. The van der Waals surface area contributed by atoms with Gasteiger partial charge in [-0.15, -0.1) is 29.7 Å². The molecule has 0 N–H and O–H groups in total. The molecule has 2 aromatic carbocycles. The molecule has 0 atom stereocenters. The Hall–Kier alpha value is 0.414. The van der Waals surface area contributed by atoms with Crippen LogP contribution in [0.5, 0.6) is 0 Å². The summed E-state index contributed by atoms with van der Waals surface area (Å²) in [5.74, 6) is 0. The largest absolute Gasteiger partial charge is 0.168 e. The Morgan fingerprint density at radius 3 is 2.14 bits per heavy atom. The number of hydrogen-bond donors (Lipinski definition) is 0. The van der Waals surface area contributed by atoms with Crippen LogP contribution in [-0.4, -0.2) is 0 Å². The Labute approximate surface area is 103 Å². The van der Waals surface area contributed by atoms with E-state index in [1.807, 2.05) is 0 Å². The van der Waals surface area contributed by atoms with Gasteiger partial charge in [0.25, 0.3) is 0 Å². The van der Waals surface area contributed by atoms with E-state index in [2.05, 4.69) is 42.5 Å². The fourth-order valence-electron chi connectivity index (χ4n) is 1.07.